The molecule has 14 heavy (non-hydrogen) atoms. The second-order valence-electron chi connectivity index (χ2n) is 3.03. The van der Waals surface area contributed by atoms with E-state index in [1.165, 1.54) is 7.11 Å². The molecule has 1 rings (SSSR count). The van der Waals surface area contributed by atoms with E-state index >= 15 is 0 Å². The van der Waals surface area contributed by atoms with Crippen LogP contribution in [0.3, 0.4) is 0 Å². The molecule has 0 aliphatic rings. The Balaban J connectivity index is 3.13. The molecular weight excluding hydrogens is 221 g/mol. The van der Waals surface area contributed by atoms with Crippen LogP contribution < -0.4 is 10.5 Å². The predicted molar refractivity (Wildman–Crippen MR) is 60.2 cm³/mol. The van der Waals surface area contributed by atoms with Crippen LogP contribution >= 0.6 is 23.2 Å². The predicted octanol–water partition coefficient (Wildman–Crippen LogP) is 3.41. The fourth-order valence-corrected chi connectivity index (χ4v) is 1.88. The molecule has 4 heteroatoms. The number of hydrogen-bond acceptors (Lipinski definition) is 2. The molecule has 0 aromatic heterocycles. The van der Waals surface area contributed by atoms with E-state index in [0.29, 0.717) is 15.8 Å². The van der Waals surface area contributed by atoms with Crippen LogP contribution in [0.5, 0.6) is 5.75 Å². The molecular formula is C10H13Cl2NO. The number of benzene rings is 1. The lowest BCUT2D eigenvalue weighted by Gasteiger charge is -2.12. The van der Waals surface area contributed by atoms with Crippen molar-refractivity contribution in [1.82, 2.24) is 0 Å². The van der Waals surface area contributed by atoms with Crippen LogP contribution in [0.1, 0.15) is 24.9 Å². The van der Waals surface area contributed by atoms with E-state index in [1.807, 2.05) is 6.92 Å². The van der Waals surface area contributed by atoms with Gasteiger partial charge in [0.05, 0.1) is 17.2 Å². The minimum Gasteiger partial charge on any atom is -0.494 e. The van der Waals surface area contributed by atoms with Crippen LogP contribution in [0, 0.1) is 0 Å². The highest BCUT2D eigenvalue weighted by Crippen LogP contribution is 2.35. The maximum Gasteiger partial charge on any atom is 0.156 e. The third kappa shape index (κ3) is 2.32. The van der Waals surface area contributed by atoms with Crippen molar-refractivity contribution in [3.8, 4) is 5.75 Å². The largest absolute Gasteiger partial charge is 0.494 e. The molecule has 0 aliphatic heterocycles. The number of hydrogen-bond donors (Lipinski definition) is 1. The quantitative estimate of drug-likeness (QED) is 0.869. The van der Waals surface area contributed by atoms with E-state index in [4.69, 9.17) is 33.7 Å². The molecule has 1 aromatic rings. The molecule has 0 amide bonds. The van der Waals surface area contributed by atoms with Crippen molar-refractivity contribution in [2.75, 3.05) is 7.11 Å². The van der Waals surface area contributed by atoms with Gasteiger partial charge in [0, 0.05) is 6.04 Å². The van der Waals surface area contributed by atoms with Crippen molar-refractivity contribution in [1.29, 1.82) is 0 Å². The first kappa shape index (κ1) is 11.6. The highest BCUT2D eigenvalue weighted by Gasteiger charge is 2.11. The summed E-state index contributed by atoms with van der Waals surface area (Å²) >= 11 is 11.9. The van der Waals surface area contributed by atoms with Gasteiger partial charge >= 0.3 is 0 Å². The Morgan fingerprint density at radius 2 is 1.86 bits per heavy atom. The molecule has 78 valence electrons. The van der Waals surface area contributed by atoms with Gasteiger partial charge in [-0.1, -0.05) is 30.1 Å². The zero-order chi connectivity index (χ0) is 10.7. The number of methoxy groups -OCH3 is 1. The molecule has 0 heterocycles. The number of ether oxygens (including phenoxy) is 1. The van der Waals surface area contributed by atoms with Crippen LogP contribution in [0.25, 0.3) is 0 Å². The van der Waals surface area contributed by atoms with Crippen LogP contribution in [0.15, 0.2) is 12.1 Å². The molecule has 0 spiro atoms. The maximum absolute atomic E-state index is 5.97. The summed E-state index contributed by atoms with van der Waals surface area (Å²) in [5.74, 6) is 0.500. The minimum absolute atomic E-state index is 0.0316. The summed E-state index contributed by atoms with van der Waals surface area (Å²) in [5, 5.41) is 0.998. The Labute approximate surface area is 94.0 Å². The van der Waals surface area contributed by atoms with E-state index in [1.54, 1.807) is 12.1 Å². The average molecular weight is 234 g/mol. The summed E-state index contributed by atoms with van der Waals surface area (Å²) < 4.78 is 5.04. The monoisotopic (exact) mass is 233 g/mol. The van der Waals surface area contributed by atoms with Gasteiger partial charge in [-0.15, -0.1) is 0 Å². The summed E-state index contributed by atoms with van der Waals surface area (Å²) in [6, 6.07) is 3.55. The smallest absolute Gasteiger partial charge is 0.156 e. The van der Waals surface area contributed by atoms with Crippen molar-refractivity contribution >= 4 is 23.2 Å². The molecule has 0 aliphatic carbocycles. The van der Waals surface area contributed by atoms with E-state index in [9.17, 15) is 0 Å². The van der Waals surface area contributed by atoms with Gasteiger partial charge in [0.1, 0.15) is 0 Å². The molecule has 0 fully saturated rings. The topological polar surface area (TPSA) is 35.2 Å². The van der Waals surface area contributed by atoms with Gasteiger partial charge in [0.25, 0.3) is 0 Å². The molecule has 0 bridgehead atoms. The van der Waals surface area contributed by atoms with Gasteiger partial charge in [-0.3, -0.25) is 0 Å². The van der Waals surface area contributed by atoms with Crippen LogP contribution in [-0.2, 0) is 0 Å². The van der Waals surface area contributed by atoms with Crippen LogP contribution in [0.4, 0.5) is 0 Å². The Morgan fingerprint density at radius 1 is 1.36 bits per heavy atom. The average Bonchev–Trinajstić information content (AvgIpc) is 2.16. The minimum atomic E-state index is -0.0316. The second kappa shape index (κ2) is 4.87. The first-order chi connectivity index (χ1) is 6.60. The van der Waals surface area contributed by atoms with E-state index in [0.717, 1.165) is 12.0 Å². The zero-order valence-electron chi connectivity index (χ0n) is 8.18. The highest BCUT2D eigenvalue weighted by molar-refractivity contribution is 6.37. The van der Waals surface area contributed by atoms with Gasteiger partial charge in [-0.25, -0.2) is 0 Å². The molecule has 2 N–H and O–H groups in total. The lowest BCUT2D eigenvalue weighted by Crippen LogP contribution is -2.08. The SMILES string of the molecule is CCC(N)c1cc(Cl)c(OC)c(Cl)c1. The maximum atomic E-state index is 5.97. The first-order valence-corrected chi connectivity index (χ1v) is 5.14. The molecule has 2 nitrogen and oxygen atoms in total. The number of halogens is 2. The van der Waals surface area contributed by atoms with Crippen molar-refractivity contribution < 1.29 is 4.74 Å². The highest BCUT2D eigenvalue weighted by atomic mass is 35.5. The summed E-state index contributed by atoms with van der Waals surface area (Å²) in [6.07, 6.45) is 0.846. The third-order valence-corrected chi connectivity index (χ3v) is 2.65. The van der Waals surface area contributed by atoms with E-state index in [2.05, 4.69) is 0 Å². The first-order valence-electron chi connectivity index (χ1n) is 4.38. The van der Waals surface area contributed by atoms with Crippen molar-refractivity contribution in [3.05, 3.63) is 27.7 Å². The van der Waals surface area contributed by atoms with Gasteiger partial charge in [0.15, 0.2) is 5.75 Å². The zero-order valence-corrected chi connectivity index (χ0v) is 9.69. The van der Waals surface area contributed by atoms with Crippen LogP contribution in [-0.4, -0.2) is 7.11 Å². The Hall–Kier alpha value is -0.440. The van der Waals surface area contributed by atoms with Gasteiger partial charge < -0.3 is 10.5 Å². The molecule has 0 saturated heterocycles. The van der Waals surface area contributed by atoms with Crippen molar-refractivity contribution in [3.63, 3.8) is 0 Å². The summed E-state index contributed by atoms with van der Waals surface area (Å²) in [4.78, 5) is 0. The molecule has 1 aromatic carbocycles. The fraction of sp³-hybridized carbons (Fsp3) is 0.400. The number of rotatable bonds is 3. The van der Waals surface area contributed by atoms with Crippen molar-refractivity contribution in [2.24, 2.45) is 5.73 Å². The Morgan fingerprint density at radius 3 is 2.21 bits per heavy atom. The third-order valence-electron chi connectivity index (χ3n) is 2.09. The van der Waals surface area contributed by atoms with Gasteiger partial charge in [-0.2, -0.15) is 0 Å². The molecule has 1 unspecified atom stereocenters. The molecule has 0 radical (unpaired) electrons. The Bertz CT molecular complexity index is 305. The normalized spacial score (nSPS) is 12.6. The molecule has 1 atom stereocenters. The second-order valence-corrected chi connectivity index (χ2v) is 3.85. The summed E-state index contributed by atoms with van der Waals surface area (Å²) in [5.41, 5.74) is 6.80. The van der Waals surface area contributed by atoms with E-state index < -0.39 is 0 Å². The fourth-order valence-electron chi connectivity index (χ4n) is 1.22. The number of nitrogens with two attached hydrogens (primary N) is 1. The van der Waals surface area contributed by atoms with E-state index in [-0.39, 0.29) is 6.04 Å². The summed E-state index contributed by atoms with van der Waals surface area (Å²) in [6.45, 7) is 2.01. The standard InChI is InChI=1S/C10H13Cl2NO/c1-3-9(13)6-4-7(11)10(14-2)8(12)5-6/h4-5,9H,3,13H2,1-2H3. The van der Waals surface area contributed by atoms with Crippen molar-refractivity contribution in [2.45, 2.75) is 19.4 Å². The lowest BCUT2D eigenvalue weighted by atomic mass is 10.1. The van der Waals surface area contributed by atoms with Gasteiger partial charge in [0.2, 0.25) is 0 Å². The lowest BCUT2D eigenvalue weighted by molar-refractivity contribution is 0.415. The van der Waals surface area contributed by atoms with Gasteiger partial charge in [-0.05, 0) is 24.1 Å². The molecule has 0 saturated carbocycles. The Kier molecular flexibility index (Phi) is 4.05. The van der Waals surface area contributed by atoms with Crippen LogP contribution in [0.2, 0.25) is 10.0 Å². The summed E-state index contributed by atoms with van der Waals surface area (Å²) in [7, 11) is 1.53.